The molecule has 1 aliphatic heterocycles. The normalized spacial score (nSPS) is 16.5. The summed E-state index contributed by atoms with van der Waals surface area (Å²) >= 11 is 7.49. The van der Waals surface area contributed by atoms with Crippen LogP contribution in [0.2, 0.25) is 5.02 Å². The first-order chi connectivity index (χ1) is 10.7. The maximum Gasteiger partial charge on any atom is 0.349 e. The van der Waals surface area contributed by atoms with Crippen LogP contribution >= 0.6 is 22.9 Å². The molecule has 0 radical (unpaired) electrons. The number of epoxide rings is 1. The van der Waals surface area contributed by atoms with E-state index in [1.807, 2.05) is 0 Å². The van der Waals surface area contributed by atoms with E-state index in [1.54, 1.807) is 19.1 Å². The summed E-state index contributed by atoms with van der Waals surface area (Å²) < 4.78 is 16.4. The zero-order chi connectivity index (χ0) is 15.7. The lowest BCUT2D eigenvalue weighted by Gasteiger charge is -2.08. The van der Waals surface area contributed by atoms with E-state index in [2.05, 4.69) is 0 Å². The number of fused-ring (bicyclic) bond motifs is 1. The summed E-state index contributed by atoms with van der Waals surface area (Å²) in [6, 6.07) is 3.49. The highest BCUT2D eigenvalue weighted by molar-refractivity contribution is 7.21. The highest BCUT2D eigenvalue weighted by atomic mass is 35.5. The van der Waals surface area contributed by atoms with Crippen LogP contribution in [0.3, 0.4) is 0 Å². The van der Waals surface area contributed by atoms with Gasteiger partial charge in [-0.05, 0) is 19.1 Å². The second-order valence-electron chi connectivity index (χ2n) is 4.70. The van der Waals surface area contributed by atoms with Gasteiger partial charge in [0, 0.05) is 10.1 Å². The number of benzene rings is 1. The Kier molecular flexibility index (Phi) is 4.33. The predicted octanol–water partition coefficient (Wildman–Crippen LogP) is 3.32. The maximum absolute atomic E-state index is 11.9. The van der Waals surface area contributed by atoms with Crippen LogP contribution in [0, 0.1) is 0 Å². The number of halogens is 1. The van der Waals surface area contributed by atoms with E-state index in [-0.39, 0.29) is 17.7 Å². The Bertz CT molecular complexity index is 735. The summed E-state index contributed by atoms with van der Waals surface area (Å²) in [6.45, 7) is 3.05. The van der Waals surface area contributed by atoms with Gasteiger partial charge in [-0.15, -0.1) is 11.3 Å². The van der Waals surface area contributed by atoms with E-state index in [0.717, 1.165) is 4.70 Å². The van der Waals surface area contributed by atoms with Gasteiger partial charge < -0.3 is 14.2 Å². The second-order valence-corrected chi connectivity index (χ2v) is 6.13. The summed E-state index contributed by atoms with van der Waals surface area (Å²) in [6.07, 6.45) is 0.780. The van der Waals surface area contributed by atoms with Gasteiger partial charge in [0.1, 0.15) is 23.3 Å². The fourth-order valence-corrected chi connectivity index (χ4v) is 3.53. The summed E-state index contributed by atoms with van der Waals surface area (Å²) in [4.78, 5) is 23.7. The molecule has 0 unspecified atom stereocenters. The van der Waals surface area contributed by atoms with Crippen molar-refractivity contribution in [3.63, 3.8) is 0 Å². The first-order valence-electron chi connectivity index (χ1n) is 6.77. The zero-order valence-electron chi connectivity index (χ0n) is 11.8. The quantitative estimate of drug-likeness (QED) is 0.458. The number of hydrogen-bond acceptors (Lipinski definition) is 6. The minimum absolute atomic E-state index is 0.0863. The molecular formula is C15H13ClO5S. The number of rotatable bonds is 6. The van der Waals surface area contributed by atoms with Crippen LogP contribution in [-0.4, -0.2) is 38.2 Å². The molecule has 22 heavy (non-hydrogen) atoms. The summed E-state index contributed by atoms with van der Waals surface area (Å²) in [7, 11) is 0. The van der Waals surface area contributed by atoms with Gasteiger partial charge >= 0.3 is 5.97 Å². The molecule has 0 amide bonds. The Morgan fingerprint density at radius 2 is 2.32 bits per heavy atom. The average molecular weight is 341 g/mol. The van der Waals surface area contributed by atoms with Crippen molar-refractivity contribution in [3.8, 4) is 5.75 Å². The van der Waals surface area contributed by atoms with Gasteiger partial charge in [-0.25, -0.2) is 4.79 Å². The molecule has 1 fully saturated rings. The van der Waals surface area contributed by atoms with Crippen LogP contribution in [0.4, 0.5) is 0 Å². The highest BCUT2D eigenvalue weighted by Gasteiger charge is 2.25. The molecule has 2 aromatic rings. The SMILES string of the molecule is CCOC(=O)c1sc2ccc(OC[C@H]3CO3)c(C=O)c2c1Cl. The average Bonchev–Trinajstić information content (AvgIpc) is 3.28. The minimum Gasteiger partial charge on any atom is -0.490 e. The Morgan fingerprint density at radius 1 is 1.55 bits per heavy atom. The van der Waals surface area contributed by atoms with E-state index < -0.39 is 5.97 Å². The van der Waals surface area contributed by atoms with Crippen molar-refractivity contribution in [2.45, 2.75) is 13.0 Å². The fourth-order valence-electron chi connectivity index (χ4n) is 2.08. The van der Waals surface area contributed by atoms with Crippen molar-refractivity contribution < 1.29 is 23.8 Å². The van der Waals surface area contributed by atoms with Crippen molar-refractivity contribution >= 4 is 45.3 Å². The molecule has 0 N–H and O–H groups in total. The Hall–Kier alpha value is -1.63. The summed E-state index contributed by atoms with van der Waals surface area (Å²) in [5.41, 5.74) is 0.343. The number of esters is 1. The number of carbonyl (C=O) groups is 2. The molecule has 2 heterocycles. The van der Waals surface area contributed by atoms with Gasteiger partial charge in [0.25, 0.3) is 0 Å². The summed E-state index contributed by atoms with van der Waals surface area (Å²) in [5.74, 6) is -0.0486. The maximum atomic E-state index is 11.9. The lowest BCUT2D eigenvalue weighted by Crippen LogP contribution is -2.06. The predicted molar refractivity (Wildman–Crippen MR) is 83.4 cm³/mol. The molecule has 0 saturated carbocycles. The number of ether oxygens (including phenoxy) is 3. The lowest BCUT2D eigenvalue weighted by molar-refractivity contribution is 0.0532. The number of hydrogen-bond donors (Lipinski definition) is 0. The molecule has 1 aliphatic rings. The Labute approximate surface area is 135 Å². The number of aldehydes is 1. The molecule has 0 aliphatic carbocycles. The molecule has 3 rings (SSSR count). The van der Waals surface area contributed by atoms with Gasteiger partial charge in [-0.2, -0.15) is 0 Å². The van der Waals surface area contributed by atoms with Crippen LogP contribution in [-0.2, 0) is 9.47 Å². The molecule has 0 bridgehead atoms. The van der Waals surface area contributed by atoms with Gasteiger partial charge in [0.2, 0.25) is 0 Å². The molecular weight excluding hydrogens is 328 g/mol. The van der Waals surface area contributed by atoms with Gasteiger partial charge in [0.15, 0.2) is 6.29 Å². The monoisotopic (exact) mass is 340 g/mol. The van der Waals surface area contributed by atoms with Crippen molar-refractivity contribution in [3.05, 3.63) is 27.6 Å². The van der Waals surface area contributed by atoms with Gasteiger partial charge in [-0.1, -0.05) is 11.6 Å². The third kappa shape index (κ3) is 2.82. The molecule has 116 valence electrons. The molecule has 5 nitrogen and oxygen atoms in total. The van der Waals surface area contributed by atoms with E-state index in [4.69, 9.17) is 25.8 Å². The summed E-state index contributed by atoms with van der Waals surface area (Å²) in [5, 5.41) is 0.757. The molecule has 7 heteroatoms. The smallest absolute Gasteiger partial charge is 0.349 e. The molecule has 1 aromatic carbocycles. The van der Waals surface area contributed by atoms with Gasteiger partial charge in [-0.3, -0.25) is 4.79 Å². The van der Waals surface area contributed by atoms with E-state index in [1.165, 1.54) is 11.3 Å². The highest BCUT2D eigenvalue weighted by Crippen LogP contribution is 2.40. The van der Waals surface area contributed by atoms with E-state index >= 15 is 0 Å². The van der Waals surface area contributed by atoms with Crippen LogP contribution in [0.15, 0.2) is 12.1 Å². The van der Waals surface area contributed by atoms with Crippen LogP contribution < -0.4 is 4.74 Å². The standard InChI is InChI=1S/C15H13ClO5S/c1-2-19-15(18)14-13(16)12-9(5-17)10(3-4-11(12)22-14)21-7-8-6-20-8/h3-5,8H,2,6-7H2,1H3/t8-/m1/s1. The first kappa shape index (κ1) is 15.3. The van der Waals surface area contributed by atoms with E-state index in [0.29, 0.717) is 41.1 Å². The fraction of sp³-hybridized carbons (Fsp3) is 0.333. The zero-order valence-corrected chi connectivity index (χ0v) is 13.3. The topological polar surface area (TPSA) is 65.1 Å². The van der Waals surface area contributed by atoms with Gasteiger partial charge in [0.05, 0.1) is 23.8 Å². The van der Waals surface area contributed by atoms with Crippen molar-refractivity contribution in [1.82, 2.24) is 0 Å². The van der Waals surface area contributed by atoms with Crippen LogP contribution in [0.5, 0.6) is 5.75 Å². The third-order valence-corrected chi connectivity index (χ3v) is 4.83. The van der Waals surface area contributed by atoms with E-state index in [9.17, 15) is 9.59 Å². The largest absolute Gasteiger partial charge is 0.490 e. The molecule has 1 aromatic heterocycles. The second kappa shape index (κ2) is 6.24. The minimum atomic E-state index is -0.487. The number of thiophene rings is 1. The van der Waals surface area contributed by atoms with Crippen LogP contribution in [0.1, 0.15) is 27.0 Å². The molecule has 1 atom stereocenters. The first-order valence-corrected chi connectivity index (χ1v) is 7.96. The van der Waals surface area contributed by atoms with Crippen LogP contribution in [0.25, 0.3) is 10.1 Å². The van der Waals surface area contributed by atoms with Crippen molar-refractivity contribution in [2.24, 2.45) is 0 Å². The molecule has 1 saturated heterocycles. The Balaban J connectivity index is 2.03. The Morgan fingerprint density at radius 3 is 2.95 bits per heavy atom. The van der Waals surface area contributed by atoms with Crippen molar-refractivity contribution in [1.29, 1.82) is 0 Å². The third-order valence-electron chi connectivity index (χ3n) is 3.20. The molecule has 0 spiro atoms. The number of carbonyl (C=O) groups excluding carboxylic acids is 2. The van der Waals surface area contributed by atoms with Crippen molar-refractivity contribution in [2.75, 3.05) is 19.8 Å². The lowest BCUT2D eigenvalue weighted by atomic mass is 10.1.